The smallest absolute Gasteiger partial charge is 0.370 e. The molecule has 1 aliphatic rings. The van der Waals surface area contributed by atoms with Crippen LogP contribution in [0.1, 0.15) is 44.1 Å². The summed E-state index contributed by atoms with van der Waals surface area (Å²) in [5, 5.41) is 19.8. The highest BCUT2D eigenvalue weighted by Crippen LogP contribution is 2.33. The van der Waals surface area contributed by atoms with Crippen molar-refractivity contribution in [1.29, 1.82) is 0 Å². The Kier molecular flexibility index (Phi) is 8.79. The molecule has 0 bridgehead atoms. The predicted molar refractivity (Wildman–Crippen MR) is 108 cm³/mol. The molecule has 2 unspecified atom stereocenters. The number of ether oxygens (including phenoxy) is 1. The van der Waals surface area contributed by atoms with Crippen molar-refractivity contribution in [3.05, 3.63) is 35.9 Å². The maximum Gasteiger partial charge on any atom is 0.370 e. The summed E-state index contributed by atoms with van der Waals surface area (Å²) >= 11 is 0. The molecular weight excluding hydrogens is 374 g/mol. The fourth-order valence-corrected chi connectivity index (χ4v) is 4.71. The maximum atomic E-state index is 13.2. The molecule has 0 amide bonds. The van der Waals surface area contributed by atoms with Crippen molar-refractivity contribution < 1.29 is 33.8 Å². The van der Waals surface area contributed by atoms with Gasteiger partial charge in [-0.3, -0.25) is 9.28 Å². The largest absolute Gasteiger partial charge is 0.477 e. The monoisotopic (exact) mass is 406 g/mol. The van der Waals surface area contributed by atoms with Gasteiger partial charge in [0.2, 0.25) is 11.8 Å². The van der Waals surface area contributed by atoms with Crippen LogP contribution in [0.2, 0.25) is 0 Å². The van der Waals surface area contributed by atoms with Crippen molar-refractivity contribution in [1.82, 2.24) is 0 Å². The molecule has 1 aromatic carbocycles. The van der Waals surface area contributed by atoms with Crippen LogP contribution >= 0.6 is 0 Å². The molecule has 0 radical (unpaired) electrons. The highest BCUT2D eigenvalue weighted by Gasteiger charge is 2.52. The van der Waals surface area contributed by atoms with Crippen LogP contribution in [0.4, 0.5) is 0 Å². The van der Waals surface area contributed by atoms with Gasteiger partial charge >= 0.3 is 11.9 Å². The van der Waals surface area contributed by atoms with Crippen LogP contribution < -0.4 is 0 Å². The van der Waals surface area contributed by atoms with Gasteiger partial charge in [0.15, 0.2) is 6.54 Å². The van der Waals surface area contributed by atoms with Crippen LogP contribution in [0.25, 0.3) is 0 Å². The number of hydrogen-bond donors (Lipinski definition) is 2. The normalized spacial score (nSPS) is 18.0. The summed E-state index contributed by atoms with van der Waals surface area (Å²) in [5.74, 6) is -2.75. The van der Waals surface area contributed by atoms with Gasteiger partial charge in [-0.1, -0.05) is 36.8 Å². The Morgan fingerprint density at radius 3 is 2.31 bits per heavy atom. The maximum absolute atomic E-state index is 13.2. The van der Waals surface area contributed by atoms with E-state index in [0.29, 0.717) is 19.6 Å². The molecule has 0 heterocycles. The molecule has 160 valence electrons. The van der Waals surface area contributed by atoms with E-state index >= 15 is 0 Å². The number of hydrogen-bond acceptors (Lipinski definition) is 4. The Balaban J connectivity index is 2.44. The molecule has 0 saturated heterocycles. The second kappa shape index (κ2) is 11.1. The van der Waals surface area contributed by atoms with E-state index in [9.17, 15) is 24.6 Å². The first-order chi connectivity index (χ1) is 13.9. The number of quaternary nitrogens is 1. The molecule has 0 spiro atoms. The Labute approximate surface area is 171 Å². The first kappa shape index (κ1) is 23.0. The molecule has 7 nitrogen and oxygen atoms in total. The highest BCUT2D eigenvalue weighted by molar-refractivity contribution is 6.02. The molecule has 1 saturated carbocycles. The fourth-order valence-electron chi connectivity index (χ4n) is 4.71. The van der Waals surface area contributed by atoms with Crippen molar-refractivity contribution in [2.45, 2.75) is 57.0 Å². The second-order valence-electron chi connectivity index (χ2n) is 7.89. The van der Waals surface area contributed by atoms with Gasteiger partial charge in [0.05, 0.1) is 19.2 Å². The number of nitrogens with zero attached hydrogens (tertiary/aromatic N) is 1. The summed E-state index contributed by atoms with van der Waals surface area (Å²) in [6.45, 7) is 0.319. The summed E-state index contributed by atoms with van der Waals surface area (Å²) in [6.07, 6.45) is 4.86. The molecule has 29 heavy (non-hydrogen) atoms. The van der Waals surface area contributed by atoms with Crippen LogP contribution in [0.5, 0.6) is 0 Å². The van der Waals surface area contributed by atoms with Gasteiger partial charge in [0, 0.05) is 20.0 Å². The standard InChI is InChI=1S/C22H31NO6/c1-29-14-8-13-23(16-20(25)26,18-11-6-3-7-12-18)21(22(27)28)19(24)15-17-9-4-2-5-10-17/h2,4-5,9-10,18,21H,3,6-8,11-16H2,1H3,(H-,25,26,27,28)/p+1. The van der Waals surface area contributed by atoms with Crippen molar-refractivity contribution in [3.8, 4) is 0 Å². The average Bonchev–Trinajstić information content (AvgIpc) is 2.68. The number of methoxy groups -OCH3 is 1. The topological polar surface area (TPSA) is 101 Å². The van der Waals surface area contributed by atoms with Gasteiger partial charge in [-0.2, -0.15) is 0 Å². The zero-order valence-corrected chi connectivity index (χ0v) is 17.1. The molecule has 1 aromatic rings. The van der Waals surface area contributed by atoms with Gasteiger partial charge < -0.3 is 14.9 Å². The quantitative estimate of drug-likeness (QED) is 0.314. The molecule has 2 rings (SSSR count). The van der Waals surface area contributed by atoms with Gasteiger partial charge in [-0.15, -0.1) is 0 Å². The van der Waals surface area contributed by atoms with Crippen molar-refractivity contribution in [2.24, 2.45) is 0 Å². The van der Waals surface area contributed by atoms with Crippen LogP contribution in [0, 0.1) is 0 Å². The SMILES string of the molecule is COCCC[N+](CC(=O)O)(C1CCCCC1)C(C(=O)O)C(=O)Cc1ccccc1. The number of carbonyl (C=O) groups is 3. The lowest BCUT2D eigenvalue weighted by Crippen LogP contribution is -2.69. The summed E-state index contributed by atoms with van der Waals surface area (Å²) in [4.78, 5) is 37.5. The minimum atomic E-state index is -1.40. The number of rotatable bonds is 12. The Bertz CT molecular complexity index is 686. The lowest BCUT2D eigenvalue weighted by molar-refractivity contribution is -0.953. The minimum absolute atomic E-state index is 0.0194. The number of ketones is 1. The van der Waals surface area contributed by atoms with E-state index in [1.807, 2.05) is 6.07 Å². The van der Waals surface area contributed by atoms with Gasteiger partial charge in [0.1, 0.15) is 0 Å². The molecule has 1 fully saturated rings. The number of carboxylic acid groups (broad SMARTS) is 2. The van der Waals surface area contributed by atoms with E-state index in [1.54, 1.807) is 31.4 Å². The predicted octanol–water partition coefficient (Wildman–Crippen LogP) is 2.52. The van der Waals surface area contributed by atoms with Gasteiger partial charge in [-0.25, -0.2) is 9.59 Å². The van der Waals surface area contributed by atoms with Gasteiger partial charge in [-0.05, 0) is 31.2 Å². The average molecular weight is 406 g/mol. The first-order valence-corrected chi connectivity index (χ1v) is 10.3. The molecule has 2 atom stereocenters. The Morgan fingerprint density at radius 2 is 1.76 bits per heavy atom. The van der Waals surface area contributed by atoms with Crippen LogP contribution in [-0.4, -0.2) is 71.3 Å². The van der Waals surface area contributed by atoms with E-state index < -0.39 is 23.8 Å². The molecule has 0 aromatic heterocycles. The van der Waals surface area contributed by atoms with Crippen LogP contribution in [0.15, 0.2) is 30.3 Å². The van der Waals surface area contributed by atoms with Crippen molar-refractivity contribution in [3.63, 3.8) is 0 Å². The number of carbonyl (C=O) groups excluding carboxylic acids is 1. The van der Waals surface area contributed by atoms with Gasteiger partial charge in [0.25, 0.3) is 0 Å². The van der Waals surface area contributed by atoms with Crippen molar-refractivity contribution in [2.75, 3.05) is 26.8 Å². The molecular formula is C22H32NO6+. The zero-order valence-electron chi connectivity index (χ0n) is 17.1. The lowest BCUT2D eigenvalue weighted by Gasteiger charge is -2.48. The van der Waals surface area contributed by atoms with Crippen LogP contribution in [0.3, 0.4) is 0 Å². The highest BCUT2D eigenvalue weighted by atomic mass is 16.5. The van der Waals surface area contributed by atoms with Crippen molar-refractivity contribution >= 4 is 17.7 Å². The second-order valence-corrected chi connectivity index (χ2v) is 7.89. The first-order valence-electron chi connectivity index (χ1n) is 10.3. The van der Waals surface area contributed by atoms with E-state index in [4.69, 9.17) is 4.74 Å². The summed E-state index contributed by atoms with van der Waals surface area (Å²) in [6, 6.07) is 7.46. The molecule has 1 aliphatic carbocycles. The number of benzene rings is 1. The zero-order chi connectivity index (χ0) is 21.3. The third-order valence-corrected chi connectivity index (χ3v) is 5.93. The molecule has 2 N–H and O–H groups in total. The number of Topliss-reactive ketones (excluding diaryl/α,β-unsaturated/α-hetero) is 1. The van der Waals surface area contributed by atoms with E-state index in [1.165, 1.54) is 0 Å². The van der Waals surface area contributed by atoms with E-state index in [0.717, 1.165) is 37.7 Å². The molecule has 0 aliphatic heterocycles. The molecule has 7 heteroatoms. The Morgan fingerprint density at radius 1 is 1.10 bits per heavy atom. The minimum Gasteiger partial charge on any atom is -0.477 e. The number of carboxylic acids is 2. The fraction of sp³-hybridized carbons (Fsp3) is 0.591. The number of aliphatic carboxylic acids is 2. The lowest BCUT2D eigenvalue weighted by atomic mass is 9.88. The third-order valence-electron chi connectivity index (χ3n) is 5.93. The Hall–Kier alpha value is -2.25. The summed E-state index contributed by atoms with van der Waals surface area (Å²) in [5.41, 5.74) is 0.734. The van der Waals surface area contributed by atoms with E-state index in [2.05, 4.69) is 0 Å². The van der Waals surface area contributed by atoms with Crippen LogP contribution in [-0.2, 0) is 25.5 Å². The summed E-state index contributed by atoms with van der Waals surface area (Å²) in [7, 11) is 1.56. The van der Waals surface area contributed by atoms with E-state index in [-0.39, 0.29) is 23.5 Å². The summed E-state index contributed by atoms with van der Waals surface area (Å²) < 4.78 is 4.91. The third kappa shape index (κ3) is 6.11.